The second-order valence-electron chi connectivity index (χ2n) is 7.73. The summed E-state index contributed by atoms with van der Waals surface area (Å²) in [6, 6.07) is 5.39. The maximum atomic E-state index is 14.3. The van der Waals surface area contributed by atoms with E-state index in [1.54, 1.807) is 6.07 Å². The number of aryl methyl sites for hydroxylation is 1. The van der Waals surface area contributed by atoms with E-state index in [-0.39, 0.29) is 35.0 Å². The minimum absolute atomic E-state index is 0. The molecule has 1 N–H and O–H groups in total. The summed E-state index contributed by atoms with van der Waals surface area (Å²) in [7, 11) is 2.14. The minimum atomic E-state index is -0.509. The molecule has 1 aromatic carbocycles. The first-order valence-electron chi connectivity index (χ1n) is 9.71. The van der Waals surface area contributed by atoms with Gasteiger partial charge in [0.2, 0.25) is 5.43 Å². The number of benzene rings is 1. The number of fused-ring (bicyclic) bond motifs is 3. The fraction of sp³-hybridized carbons (Fsp3) is 0.550. The monoisotopic (exact) mass is 408 g/mol. The molecule has 2 bridgehead atoms. The van der Waals surface area contributed by atoms with Crippen molar-refractivity contribution < 1.29 is 9.18 Å². The standard InChI is InChI=1S/C20H25FN4O2.ClH/c1-3-9-25-18-15(5-4-6-16(18)21)19(26)17(23-25)20(27)22-12-10-13-7-8-14(11-12)24(13)2;/h4-6,12-14H,3,7-11H2,1-2H3,(H,22,27);1H/t12?,13-,14+;. The van der Waals surface area contributed by atoms with Crippen molar-refractivity contribution in [2.24, 2.45) is 0 Å². The van der Waals surface area contributed by atoms with Crippen molar-refractivity contribution in [3.8, 4) is 0 Å². The molecule has 8 heteroatoms. The highest BCUT2D eigenvalue weighted by atomic mass is 35.5. The highest BCUT2D eigenvalue weighted by Crippen LogP contribution is 2.34. The summed E-state index contributed by atoms with van der Waals surface area (Å²) < 4.78 is 15.7. The van der Waals surface area contributed by atoms with Gasteiger partial charge in [0, 0.05) is 24.7 Å². The van der Waals surface area contributed by atoms with Gasteiger partial charge in [-0.3, -0.25) is 14.3 Å². The van der Waals surface area contributed by atoms with Crippen molar-refractivity contribution in [1.29, 1.82) is 0 Å². The van der Waals surface area contributed by atoms with E-state index in [1.165, 1.54) is 16.8 Å². The highest BCUT2D eigenvalue weighted by Gasteiger charge is 2.39. The lowest BCUT2D eigenvalue weighted by atomic mass is 9.98. The average Bonchev–Trinajstić information content (AvgIpc) is 2.85. The van der Waals surface area contributed by atoms with Gasteiger partial charge in [-0.15, -0.1) is 12.4 Å². The summed E-state index contributed by atoms with van der Waals surface area (Å²) in [6.07, 6.45) is 4.82. The number of carbonyl (C=O) groups excluding carboxylic acids is 1. The van der Waals surface area contributed by atoms with Gasteiger partial charge in [0.1, 0.15) is 11.3 Å². The maximum Gasteiger partial charge on any atom is 0.276 e. The minimum Gasteiger partial charge on any atom is -0.348 e. The number of para-hydroxylation sites is 1. The summed E-state index contributed by atoms with van der Waals surface area (Å²) in [5.74, 6) is -0.950. The van der Waals surface area contributed by atoms with Crippen molar-refractivity contribution in [3.05, 3.63) is 39.9 Å². The van der Waals surface area contributed by atoms with Crippen molar-refractivity contribution in [3.63, 3.8) is 0 Å². The molecule has 2 aromatic rings. The molecule has 0 radical (unpaired) electrons. The molecular weight excluding hydrogens is 383 g/mol. The van der Waals surface area contributed by atoms with E-state index in [9.17, 15) is 14.0 Å². The smallest absolute Gasteiger partial charge is 0.276 e. The Labute approximate surface area is 169 Å². The molecule has 2 aliphatic rings. The second kappa shape index (κ2) is 8.17. The molecule has 1 amide bonds. The van der Waals surface area contributed by atoms with Gasteiger partial charge in [-0.05, 0) is 51.3 Å². The Morgan fingerprint density at radius 2 is 1.96 bits per heavy atom. The number of aromatic nitrogens is 2. The summed E-state index contributed by atoms with van der Waals surface area (Å²) in [6.45, 7) is 2.39. The van der Waals surface area contributed by atoms with Crippen LogP contribution in [0.5, 0.6) is 0 Å². The van der Waals surface area contributed by atoms with Crippen LogP contribution >= 0.6 is 12.4 Å². The van der Waals surface area contributed by atoms with Gasteiger partial charge in [0.15, 0.2) is 5.69 Å². The molecular formula is C20H26ClFN4O2. The quantitative estimate of drug-likeness (QED) is 0.844. The number of hydrogen-bond donors (Lipinski definition) is 1. The van der Waals surface area contributed by atoms with Gasteiger partial charge in [-0.1, -0.05) is 13.0 Å². The van der Waals surface area contributed by atoms with Crippen LogP contribution in [-0.2, 0) is 6.54 Å². The number of nitrogens with one attached hydrogen (secondary N) is 1. The summed E-state index contributed by atoms with van der Waals surface area (Å²) in [4.78, 5) is 28.0. The molecule has 2 aliphatic heterocycles. The molecule has 6 nitrogen and oxygen atoms in total. The Morgan fingerprint density at radius 1 is 1.29 bits per heavy atom. The average molecular weight is 409 g/mol. The van der Waals surface area contributed by atoms with Crippen molar-refractivity contribution in [1.82, 2.24) is 20.0 Å². The number of hydrogen-bond acceptors (Lipinski definition) is 4. The topological polar surface area (TPSA) is 67.2 Å². The molecule has 0 saturated carbocycles. The van der Waals surface area contributed by atoms with Crippen LogP contribution in [0.4, 0.5) is 4.39 Å². The molecule has 4 rings (SSSR count). The first kappa shape index (κ1) is 20.7. The van der Waals surface area contributed by atoms with Crippen LogP contribution in [-0.4, -0.2) is 45.8 Å². The first-order valence-corrected chi connectivity index (χ1v) is 9.71. The number of halogens is 2. The molecule has 0 spiro atoms. The van der Waals surface area contributed by atoms with E-state index in [4.69, 9.17) is 0 Å². The predicted octanol–water partition coefficient (Wildman–Crippen LogP) is 2.72. The molecule has 0 aliphatic carbocycles. The third-order valence-corrected chi connectivity index (χ3v) is 6.01. The normalized spacial score (nSPS) is 24.2. The van der Waals surface area contributed by atoms with Crippen LogP contribution in [0.1, 0.15) is 49.5 Å². The molecule has 3 atom stereocenters. The molecule has 2 fully saturated rings. The van der Waals surface area contributed by atoms with Gasteiger partial charge in [0.25, 0.3) is 5.91 Å². The van der Waals surface area contributed by atoms with E-state index in [0.717, 1.165) is 32.1 Å². The molecule has 3 heterocycles. The van der Waals surface area contributed by atoms with Crippen LogP contribution in [0.25, 0.3) is 10.9 Å². The number of rotatable bonds is 4. The van der Waals surface area contributed by atoms with Gasteiger partial charge in [-0.25, -0.2) is 4.39 Å². The van der Waals surface area contributed by atoms with E-state index < -0.39 is 17.2 Å². The molecule has 152 valence electrons. The highest BCUT2D eigenvalue weighted by molar-refractivity contribution is 5.95. The second-order valence-corrected chi connectivity index (χ2v) is 7.73. The van der Waals surface area contributed by atoms with Crippen molar-refractivity contribution >= 4 is 29.2 Å². The van der Waals surface area contributed by atoms with Gasteiger partial charge >= 0.3 is 0 Å². The lowest BCUT2D eigenvalue weighted by Crippen LogP contribution is -2.49. The van der Waals surface area contributed by atoms with Crippen LogP contribution in [0.2, 0.25) is 0 Å². The van der Waals surface area contributed by atoms with Crippen molar-refractivity contribution in [2.75, 3.05) is 7.05 Å². The molecule has 2 saturated heterocycles. The predicted molar refractivity (Wildman–Crippen MR) is 109 cm³/mol. The Bertz CT molecular complexity index is 934. The zero-order valence-electron chi connectivity index (χ0n) is 16.2. The fourth-order valence-electron chi connectivity index (χ4n) is 4.61. The lowest BCUT2D eigenvalue weighted by molar-refractivity contribution is 0.0874. The van der Waals surface area contributed by atoms with Crippen LogP contribution in [0.15, 0.2) is 23.0 Å². The number of nitrogens with zero attached hydrogens (tertiary/aromatic N) is 3. The SMILES string of the molecule is CCCn1nc(C(=O)NC2C[C@H]3CC[C@@H](C2)N3C)c(=O)c2cccc(F)c21.Cl. The van der Waals surface area contributed by atoms with E-state index in [0.29, 0.717) is 18.6 Å². The maximum absolute atomic E-state index is 14.3. The van der Waals surface area contributed by atoms with Crippen LogP contribution < -0.4 is 10.7 Å². The number of carbonyl (C=O) groups is 1. The fourth-order valence-corrected chi connectivity index (χ4v) is 4.61. The van der Waals surface area contributed by atoms with Gasteiger partial charge in [0.05, 0.1) is 5.39 Å². The van der Waals surface area contributed by atoms with E-state index >= 15 is 0 Å². The Hall–Kier alpha value is -1.99. The van der Waals surface area contributed by atoms with Gasteiger partial charge < -0.3 is 10.2 Å². The van der Waals surface area contributed by atoms with Crippen molar-refractivity contribution in [2.45, 2.75) is 63.7 Å². The number of amides is 1. The third-order valence-electron chi connectivity index (χ3n) is 6.01. The molecule has 1 aromatic heterocycles. The number of piperidine rings is 1. The zero-order chi connectivity index (χ0) is 19.1. The summed E-state index contributed by atoms with van der Waals surface area (Å²) >= 11 is 0. The van der Waals surface area contributed by atoms with Crippen LogP contribution in [0.3, 0.4) is 0 Å². The largest absolute Gasteiger partial charge is 0.348 e. The Morgan fingerprint density at radius 3 is 2.61 bits per heavy atom. The van der Waals surface area contributed by atoms with E-state index in [1.807, 2.05) is 6.92 Å². The Balaban J connectivity index is 0.00000225. The Kier molecular flexibility index (Phi) is 6.05. The van der Waals surface area contributed by atoms with Crippen LogP contribution in [0, 0.1) is 5.82 Å². The summed E-state index contributed by atoms with van der Waals surface area (Å²) in [5.41, 5.74) is -0.490. The molecule has 28 heavy (non-hydrogen) atoms. The third kappa shape index (κ3) is 3.53. The lowest BCUT2D eigenvalue weighted by Gasteiger charge is -2.36. The first-order chi connectivity index (χ1) is 13.0. The molecule has 1 unspecified atom stereocenters. The van der Waals surface area contributed by atoms with E-state index in [2.05, 4.69) is 22.4 Å². The summed E-state index contributed by atoms with van der Waals surface area (Å²) in [5, 5.41) is 7.44. The zero-order valence-corrected chi connectivity index (χ0v) is 17.0. The van der Waals surface area contributed by atoms with Gasteiger partial charge in [-0.2, -0.15) is 5.10 Å².